The Bertz CT molecular complexity index is 286. The normalized spacial score (nSPS) is 14.1. The van der Waals surface area contributed by atoms with Gasteiger partial charge in [0.15, 0.2) is 0 Å². The molecule has 1 unspecified atom stereocenters. The average molecular weight is 277 g/mol. The van der Waals surface area contributed by atoms with Gasteiger partial charge in [0.05, 0.1) is 5.75 Å². The summed E-state index contributed by atoms with van der Waals surface area (Å²) in [6.45, 7) is 10.4. The summed E-state index contributed by atoms with van der Waals surface area (Å²) >= 11 is 0. The van der Waals surface area contributed by atoms with Crippen LogP contribution in [0.2, 0.25) is 0 Å². The van der Waals surface area contributed by atoms with E-state index in [1.807, 2.05) is 0 Å². The van der Waals surface area contributed by atoms with E-state index in [1.54, 1.807) is 6.92 Å². The van der Waals surface area contributed by atoms with Crippen molar-refractivity contribution in [2.24, 2.45) is 11.8 Å². The van der Waals surface area contributed by atoms with Gasteiger partial charge in [-0.1, -0.05) is 34.1 Å². The fourth-order valence-electron chi connectivity index (χ4n) is 2.07. The second-order valence-electron chi connectivity index (χ2n) is 5.59. The molecule has 0 aliphatic rings. The predicted molar refractivity (Wildman–Crippen MR) is 79.7 cm³/mol. The molecule has 0 rings (SSSR count). The molecule has 1 atom stereocenters. The molecule has 110 valence electrons. The Morgan fingerprint density at radius 3 is 2.22 bits per heavy atom. The van der Waals surface area contributed by atoms with Crippen LogP contribution < -0.4 is 5.32 Å². The zero-order chi connectivity index (χ0) is 14.0. The minimum absolute atomic E-state index is 0.275. The van der Waals surface area contributed by atoms with Crippen molar-refractivity contribution in [3.8, 4) is 0 Å². The van der Waals surface area contributed by atoms with Crippen molar-refractivity contribution in [3.63, 3.8) is 0 Å². The van der Waals surface area contributed by atoms with Crippen LogP contribution in [-0.4, -0.2) is 33.0 Å². The Morgan fingerprint density at radius 1 is 1.06 bits per heavy atom. The van der Waals surface area contributed by atoms with Gasteiger partial charge >= 0.3 is 0 Å². The SMILES string of the molecule is CCCC(CCCS(=O)(=O)CC)CNCC(C)C. The molecule has 0 bridgehead atoms. The molecule has 0 aliphatic carbocycles. The molecule has 3 nitrogen and oxygen atoms in total. The quantitative estimate of drug-likeness (QED) is 0.631. The Kier molecular flexibility index (Phi) is 9.74. The predicted octanol–water partition coefficient (Wildman–Crippen LogP) is 2.86. The first-order chi connectivity index (χ1) is 8.41. The van der Waals surface area contributed by atoms with Crippen LogP contribution >= 0.6 is 0 Å². The van der Waals surface area contributed by atoms with Gasteiger partial charge in [0, 0.05) is 5.75 Å². The minimum atomic E-state index is -2.78. The highest BCUT2D eigenvalue weighted by molar-refractivity contribution is 7.91. The van der Waals surface area contributed by atoms with Crippen LogP contribution in [0.3, 0.4) is 0 Å². The van der Waals surface area contributed by atoms with Crippen molar-refractivity contribution in [2.45, 2.75) is 53.4 Å². The molecule has 0 radical (unpaired) electrons. The van der Waals surface area contributed by atoms with Crippen molar-refractivity contribution in [3.05, 3.63) is 0 Å². The van der Waals surface area contributed by atoms with Crippen molar-refractivity contribution in [1.29, 1.82) is 0 Å². The maximum atomic E-state index is 11.4. The summed E-state index contributed by atoms with van der Waals surface area (Å²) in [5.74, 6) is 1.93. The van der Waals surface area contributed by atoms with Crippen molar-refractivity contribution in [2.75, 3.05) is 24.6 Å². The topological polar surface area (TPSA) is 46.2 Å². The highest BCUT2D eigenvalue weighted by Crippen LogP contribution is 2.13. The molecule has 0 heterocycles. The fraction of sp³-hybridized carbons (Fsp3) is 1.00. The van der Waals surface area contributed by atoms with E-state index in [2.05, 4.69) is 26.1 Å². The smallest absolute Gasteiger partial charge is 0.150 e. The lowest BCUT2D eigenvalue weighted by Crippen LogP contribution is -2.26. The monoisotopic (exact) mass is 277 g/mol. The van der Waals surface area contributed by atoms with Gasteiger partial charge in [-0.2, -0.15) is 0 Å². The third-order valence-corrected chi connectivity index (χ3v) is 4.98. The summed E-state index contributed by atoms with van der Waals surface area (Å²) in [5.41, 5.74) is 0. The Morgan fingerprint density at radius 2 is 1.72 bits per heavy atom. The van der Waals surface area contributed by atoms with E-state index in [0.717, 1.165) is 25.9 Å². The van der Waals surface area contributed by atoms with Gasteiger partial charge in [0.25, 0.3) is 0 Å². The van der Waals surface area contributed by atoms with Crippen LogP contribution in [-0.2, 0) is 9.84 Å². The van der Waals surface area contributed by atoms with Crippen molar-refractivity contribution < 1.29 is 8.42 Å². The van der Waals surface area contributed by atoms with Crippen LogP contribution in [0.15, 0.2) is 0 Å². The van der Waals surface area contributed by atoms with Gasteiger partial charge in [-0.3, -0.25) is 0 Å². The first kappa shape index (κ1) is 17.9. The fourth-order valence-corrected chi connectivity index (χ4v) is 2.96. The molecule has 0 fully saturated rings. The third-order valence-electron chi connectivity index (χ3n) is 3.19. The summed E-state index contributed by atoms with van der Waals surface area (Å²) in [6, 6.07) is 0. The summed E-state index contributed by atoms with van der Waals surface area (Å²) < 4.78 is 22.9. The minimum Gasteiger partial charge on any atom is -0.316 e. The maximum Gasteiger partial charge on any atom is 0.150 e. The lowest BCUT2D eigenvalue weighted by molar-refractivity contribution is 0.397. The molecule has 1 N–H and O–H groups in total. The van der Waals surface area contributed by atoms with Crippen LogP contribution in [0.4, 0.5) is 0 Å². The summed E-state index contributed by atoms with van der Waals surface area (Å²) in [7, 11) is -2.78. The van der Waals surface area contributed by atoms with E-state index in [0.29, 0.717) is 17.6 Å². The molecular weight excluding hydrogens is 246 g/mol. The Labute approximate surface area is 114 Å². The first-order valence-electron chi connectivity index (χ1n) is 7.32. The zero-order valence-corrected chi connectivity index (χ0v) is 13.4. The highest BCUT2D eigenvalue weighted by atomic mass is 32.2. The molecule has 0 saturated carbocycles. The van der Waals surface area contributed by atoms with Crippen LogP contribution in [0.5, 0.6) is 0 Å². The molecule has 0 spiro atoms. The Hall–Kier alpha value is -0.0900. The number of rotatable bonds is 11. The van der Waals surface area contributed by atoms with Crippen molar-refractivity contribution in [1.82, 2.24) is 5.32 Å². The van der Waals surface area contributed by atoms with Gasteiger partial charge in [-0.25, -0.2) is 8.42 Å². The van der Waals surface area contributed by atoms with E-state index in [9.17, 15) is 8.42 Å². The second-order valence-corrected chi connectivity index (χ2v) is 8.06. The number of hydrogen-bond donors (Lipinski definition) is 1. The Balaban J connectivity index is 3.89. The van der Waals surface area contributed by atoms with Gasteiger partial charge in [-0.05, 0) is 44.2 Å². The van der Waals surface area contributed by atoms with Crippen LogP contribution in [0.1, 0.15) is 53.4 Å². The van der Waals surface area contributed by atoms with E-state index in [-0.39, 0.29) is 5.75 Å². The van der Waals surface area contributed by atoms with E-state index >= 15 is 0 Å². The number of hydrogen-bond acceptors (Lipinski definition) is 3. The van der Waals surface area contributed by atoms with E-state index in [4.69, 9.17) is 0 Å². The molecule has 18 heavy (non-hydrogen) atoms. The van der Waals surface area contributed by atoms with Gasteiger partial charge in [-0.15, -0.1) is 0 Å². The molecule has 0 aliphatic heterocycles. The zero-order valence-electron chi connectivity index (χ0n) is 12.5. The third kappa shape index (κ3) is 9.89. The molecule has 4 heteroatoms. The molecule has 0 aromatic heterocycles. The molecule has 0 aromatic rings. The largest absolute Gasteiger partial charge is 0.316 e. The molecular formula is C14H31NO2S. The lowest BCUT2D eigenvalue weighted by atomic mass is 9.98. The van der Waals surface area contributed by atoms with Crippen LogP contribution in [0, 0.1) is 11.8 Å². The maximum absolute atomic E-state index is 11.4. The van der Waals surface area contributed by atoms with E-state index in [1.165, 1.54) is 12.8 Å². The van der Waals surface area contributed by atoms with Gasteiger partial charge in [0.2, 0.25) is 0 Å². The van der Waals surface area contributed by atoms with Gasteiger partial charge in [0.1, 0.15) is 9.84 Å². The number of sulfone groups is 1. The first-order valence-corrected chi connectivity index (χ1v) is 9.14. The van der Waals surface area contributed by atoms with Crippen molar-refractivity contribution >= 4 is 9.84 Å². The molecule has 0 aromatic carbocycles. The molecule has 0 amide bonds. The van der Waals surface area contributed by atoms with E-state index < -0.39 is 9.84 Å². The summed E-state index contributed by atoms with van der Waals surface area (Å²) in [5, 5.41) is 3.48. The number of nitrogens with one attached hydrogen (secondary N) is 1. The standard InChI is InChI=1S/C14H31NO2S/c1-5-8-14(12-15-11-13(3)4)9-7-10-18(16,17)6-2/h13-15H,5-12H2,1-4H3. The van der Waals surface area contributed by atoms with Gasteiger partial charge < -0.3 is 5.32 Å². The lowest BCUT2D eigenvalue weighted by Gasteiger charge is -2.17. The summed E-state index contributed by atoms with van der Waals surface area (Å²) in [4.78, 5) is 0. The molecule has 0 saturated heterocycles. The second kappa shape index (κ2) is 9.79. The average Bonchev–Trinajstić information content (AvgIpc) is 2.28. The summed E-state index contributed by atoms with van der Waals surface area (Å²) in [6.07, 6.45) is 4.20. The van der Waals surface area contributed by atoms with Crippen LogP contribution in [0.25, 0.3) is 0 Å². The highest BCUT2D eigenvalue weighted by Gasteiger charge is 2.11.